The molecular formula is C13H17NO5S. The summed E-state index contributed by atoms with van der Waals surface area (Å²) in [7, 11) is -3.60. The number of rotatable bonds is 3. The van der Waals surface area contributed by atoms with Gasteiger partial charge in [-0.15, -0.1) is 0 Å². The second-order valence-corrected chi connectivity index (χ2v) is 6.79. The first-order valence-electron chi connectivity index (χ1n) is 6.65. The van der Waals surface area contributed by atoms with E-state index in [0.29, 0.717) is 37.7 Å². The molecule has 1 aromatic rings. The van der Waals surface area contributed by atoms with Crippen molar-refractivity contribution in [2.45, 2.75) is 23.8 Å². The quantitative estimate of drug-likeness (QED) is 0.884. The van der Waals surface area contributed by atoms with Gasteiger partial charge < -0.3 is 14.6 Å². The van der Waals surface area contributed by atoms with Crippen LogP contribution in [-0.2, 0) is 10.0 Å². The molecule has 0 aromatic heterocycles. The van der Waals surface area contributed by atoms with Gasteiger partial charge in [0.1, 0.15) is 13.2 Å². The minimum absolute atomic E-state index is 0.149. The molecule has 0 spiro atoms. The Bertz CT molecular complexity index is 601. The first-order valence-corrected chi connectivity index (χ1v) is 8.09. The van der Waals surface area contributed by atoms with Gasteiger partial charge in [-0.3, -0.25) is 0 Å². The van der Waals surface area contributed by atoms with Crippen LogP contribution in [0.3, 0.4) is 0 Å². The van der Waals surface area contributed by atoms with Crippen molar-refractivity contribution in [3.05, 3.63) is 18.2 Å². The highest BCUT2D eigenvalue weighted by molar-refractivity contribution is 7.89. The number of benzene rings is 1. The summed E-state index contributed by atoms with van der Waals surface area (Å²) in [6.45, 7) is 1.18. The summed E-state index contributed by atoms with van der Waals surface area (Å²) in [4.78, 5) is 0.183. The number of sulfonamides is 1. The fourth-order valence-corrected chi connectivity index (χ4v) is 4.33. The second kappa shape index (κ2) is 5.23. The van der Waals surface area contributed by atoms with Gasteiger partial charge in [0, 0.05) is 18.7 Å². The van der Waals surface area contributed by atoms with Gasteiger partial charge in [0.2, 0.25) is 10.0 Å². The van der Waals surface area contributed by atoms with Crippen LogP contribution in [0.5, 0.6) is 11.5 Å². The third-order valence-corrected chi connectivity index (χ3v) is 5.60. The van der Waals surface area contributed by atoms with Gasteiger partial charge in [0.25, 0.3) is 0 Å². The summed E-state index contributed by atoms with van der Waals surface area (Å²) >= 11 is 0. The van der Waals surface area contributed by atoms with E-state index < -0.39 is 10.0 Å². The Morgan fingerprint density at radius 2 is 2.00 bits per heavy atom. The molecule has 6 nitrogen and oxygen atoms in total. The maximum atomic E-state index is 12.6. The van der Waals surface area contributed by atoms with Gasteiger partial charge in [0.05, 0.1) is 11.5 Å². The number of hydrogen-bond acceptors (Lipinski definition) is 5. The molecule has 1 atom stereocenters. The zero-order valence-electron chi connectivity index (χ0n) is 11.0. The van der Waals surface area contributed by atoms with Gasteiger partial charge in [-0.2, -0.15) is 4.31 Å². The van der Waals surface area contributed by atoms with Gasteiger partial charge in [0.15, 0.2) is 11.5 Å². The van der Waals surface area contributed by atoms with E-state index >= 15 is 0 Å². The van der Waals surface area contributed by atoms with Crippen LogP contribution in [0.2, 0.25) is 0 Å². The number of aliphatic hydroxyl groups excluding tert-OH is 1. The summed E-state index contributed by atoms with van der Waals surface area (Å²) in [5.41, 5.74) is 0. The van der Waals surface area contributed by atoms with Crippen LogP contribution in [0.25, 0.3) is 0 Å². The third-order valence-electron chi connectivity index (χ3n) is 3.65. The lowest BCUT2D eigenvalue weighted by Gasteiger charge is -2.24. The maximum absolute atomic E-state index is 12.6. The standard InChI is InChI=1S/C13H17NO5S/c15-9-10-2-1-5-14(10)20(16,17)11-3-4-12-13(8-11)19-7-6-18-12/h3-4,8,10,15H,1-2,5-7,9H2. The van der Waals surface area contributed by atoms with Crippen molar-refractivity contribution in [2.75, 3.05) is 26.4 Å². The molecule has 110 valence electrons. The van der Waals surface area contributed by atoms with E-state index in [4.69, 9.17) is 9.47 Å². The van der Waals surface area contributed by atoms with Crippen molar-refractivity contribution in [1.29, 1.82) is 0 Å². The smallest absolute Gasteiger partial charge is 0.243 e. The molecule has 7 heteroatoms. The Morgan fingerprint density at radius 1 is 1.25 bits per heavy atom. The van der Waals surface area contributed by atoms with E-state index in [9.17, 15) is 13.5 Å². The van der Waals surface area contributed by atoms with Crippen molar-refractivity contribution < 1.29 is 23.0 Å². The normalized spacial score (nSPS) is 22.9. The highest BCUT2D eigenvalue weighted by Gasteiger charge is 2.35. The van der Waals surface area contributed by atoms with Crippen LogP contribution in [0, 0.1) is 0 Å². The fraction of sp³-hybridized carbons (Fsp3) is 0.538. The van der Waals surface area contributed by atoms with Gasteiger partial charge >= 0.3 is 0 Å². The zero-order chi connectivity index (χ0) is 14.2. The van der Waals surface area contributed by atoms with E-state index in [0.717, 1.165) is 6.42 Å². The third kappa shape index (κ3) is 2.25. The molecule has 1 aromatic carbocycles. The van der Waals surface area contributed by atoms with Crippen molar-refractivity contribution >= 4 is 10.0 Å². The van der Waals surface area contributed by atoms with Crippen molar-refractivity contribution in [2.24, 2.45) is 0 Å². The average Bonchev–Trinajstić information content (AvgIpc) is 2.96. The lowest BCUT2D eigenvalue weighted by molar-refractivity contribution is 0.171. The molecule has 0 saturated carbocycles. The summed E-state index contributed by atoms with van der Waals surface area (Å²) in [5.74, 6) is 1.02. The first-order chi connectivity index (χ1) is 9.63. The van der Waals surface area contributed by atoms with Crippen LogP contribution in [0.15, 0.2) is 23.1 Å². The highest BCUT2D eigenvalue weighted by atomic mass is 32.2. The molecule has 2 aliphatic rings. The van der Waals surface area contributed by atoms with Gasteiger partial charge in [-0.1, -0.05) is 0 Å². The number of ether oxygens (including phenoxy) is 2. The molecule has 1 saturated heterocycles. The molecule has 1 unspecified atom stereocenters. The van der Waals surface area contributed by atoms with E-state index in [1.165, 1.54) is 16.4 Å². The molecule has 20 heavy (non-hydrogen) atoms. The molecular weight excluding hydrogens is 282 g/mol. The molecule has 1 fully saturated rings. The Morgan fingerprint density at radius 3 is 2.75 bits per heavy atom. The largest absolute Gasteiger partial charge is 0.486 e. The molecule has 2 aliphatic heterocycles. The molecule has 0 bridgehead atoms. The number of fused-ring (bicyclic) bond motifs is 1. The Kier molecular flexibility index (Phi) is 3.57. The molecule has 0 radical (unpaired) electrons. The van der Waals surface area contributed by atoms with Gasteiger partial charge in [-0.05, 0) is 25.0 Å². The highest BCUT2D eigenvalue weighted by Crippen LogP contribution is 2.34. The van der Waals surface area contributed by atoms with Crippen LogP contribution in [0.1, 0.15) is 12.8 Å². The maximum Gasteiger partial charge on any atom is 0.243 e. The second-order valence-electron chi connectivity index (χ2n) is 4.90. The van der Waals surface area contributed by atoms with E-state index in [1.807, 2.05) is 0 Å². The monoisotopic (exact) mass is 299 g/mol. The SMILES string of the molecule is O=S(=O)(c1ccc2c(c1)OCCO2)N1CCCC1CO. The topological polar surface area (TPSA) is 76.1 Å². The Balaban J connectivity index is 1.95. The van der Waals surface area contributed by atoms with Crippen LogP contribution >= 0.6 is 0 Å². The minimum atomic E-state index is -3.60. The van der Waals surface area contributed by atoms with Crippen LogP contribution in [-0.4, -0.2) is 50.2 Å². The molecule has 3 rings (SSSR count). The van der Waals surface area contributed by atoms with Crippen molar-refractivity contribution in [1.82, 2.24) is 4.31 Å². The summed E-state index contributed by atoms with van der Waals surface area (Å²) in [6, 6.07) is 4.31. The first kappa shape index (κ1) is 13.7. The number of hydrogen-bond donors (Lipinski definition) is 1. The van der Waals surface area contributed by atoms with Crippen LogP contribution in [0.4, 0.5) is 0 Å². The predicted octanol–water partition coefficient (Wildman–Crippen LogP) is 0.603. The van der Waals surface area contributed by atoms with E-state index in [2.05, 4.69) is 0 Å². The summed E-state index contributed by atoms with van der Waals surface area (Å²) < 4.78 is 37.4. The zero-order valence-corrected chi connectivity index (χ0v) is 11.8. The molecule has 0 amide bonds. The van der Waals surface area contributed by atoms with Gasteiger partial charge in [-0.25, -0.2) is 8.42 Å². The summed E-state index contributed by atoms with van der Waals surface area (Å²) in [5, 5.41) is 9.29. The van der Waals surface area contributed by atoms with Crippen LogP contribution < -0.4 is 9.47 Å². The summed E-state index contributed by atoms with van der Waals surface area (Å²) in [6.07, 6.45) is 1.47. The fourth-order valence-electron chi connectivity index (χ4n) is 2.63. The number of nitrogens with zero attached hydrogens (tertiary/aromatic N) is 1. The predicted molar refractivity (Wildman–Crippen MR) is 71.4 cm³/mol. The van der Waals surface area contributed by atoms with E-state index in [-0.39, 0.29) is 17.5 Å². The Hall–Kier alpha value is -1.31. The lowest BCUT2D eigenvalue weighted by atomic mass is 10.2. The van der Waals surface area contributed by atoms with Crippen molar-refractivity contribution in [3.8, 4) is 11.5 Å². The van der Waals surface area contributed by atoms with Crippen molar-refractivity contribution in [3.63, 3.8) is 0 Å². The van der Waals surface area contributed by atoms with E-state index in [1.54, 1.807) is 6.07 Å². The minimum Gasteiger partial charge on any atom is -0.486 e. The molecule has 0 aliphatic carbocycles. The Labute approximate surface area is 118 Å². The average molecular weight is 299 g/mol. The number of aliphatic hydroxyl groups is 1. The lowest BCUT2D eigenvalue weighted by Crippen LogP contribution is -2.37. The molecule has 1 N–H and O–H groups in total. The molecule has 2 heterocycles.